The van der Waals surface area contributed by atoms with Crippen molar-refractivity contribution >= 4 is 17.2 Å². The maximum Gasteiger partial charge on any atom is 0.317 e. The van der Waals surface area contributed by atoms with Gasteiger partial charge in [0.05, 0.1) is 5.56 Å². The average molecular weight is 239 g/mol. The molecule has 87 valence electrons. The van der Waals surface area contributed by atoms with Gasteiger partial charge < -0.3 is 5.21 Å². The number of thiophene rings is 1. The molecule has 0 N–H and O–H groups in total. The lowest BCUT2D eigenvalue weighted by atomic mass is 9.84. The smallest absolute Gasteiger partial charge is 0.317 e. The van der Waals surface area contributed by atoms with Crippen LogP contribution in [-0.2, 0) is 5.21 Å². The average Bonchev–Trinajstić information content (AvgIpc) is 2.73. The lowest BCUT2D eigenvalue weighted by Gasteiger charge is -2.32. The van der Waals surface area contributed by atoms with Gasteiger partial charge in [0, 0.05) is 10.6 Å². The first-order chi connectivity index (χ1) is 7.30. The molecular formula is C11H15N2O2S. The van der Waals surface area contributed by atoms with E-state index in [-0.39, 0.29) is 5.84 Å². The summed E-state index contributed by atoms with van der Waals surface area (Å²) in [4.78, 5) is 0. The highest BCUT2D eigenvalue weighted by Gasteiger charge is 2.59. The molecule has 1 aromatic rings. The Hall–Kier alpha value is -1.07. The van der Waals surface area contributed by atoms with E-state index in [1.807, 2.05) is 10.8 Å². The van der Waals surface area contributed by atoms with E-state index in [1.165, 1.54) is 11.3 Å². The molecule has 4 nitrogen and oxygen atoms in total. The van der Waals surface area contributed by atoms with E-state index >= 15 is 0 Å². The maximum absolute atomic E-state index is 12.2. The normalized spacial score (nSPS) is 22.9. The van der Waals surface area contributed by atoms with Crippen LogP contribution in [0.3, 0.4) is 0 Å². The second-order valence-electron chi connectivity index (χ2n) is 5.04. The Morgan fingerprint density at radius 1 is 1.38 bits per heavy atom. The molecule has 0 amide bonds. The van der Waals surface area contributed by atoms with Crippen LogP contribution >= 0.6 is 11.3 Å². The minimum Gasteiger partial charge on any atom is -0.714 e. The van der Waals surface area contributed by atoms with E-state index in [2.05, 4.69) is 0 Å². The molecule has 0 atom stereocenters. The number of hydrogen-bond acceptors (Lipinski definition) is 3. The molecule has 0 fully saturated rings. The third-order valence-corrected chi connectivity index (χ3v) is 4.36. The highest BCUT2D eigenvalue weighted by atomic mass is 32.1. The van der Waals surface area contributed by atoms with E-state index in [0.717, 1.165) is 9.80 Å². The van der Waals surface area contributed by atoms with Gasteiger partial charge in [-0.1, -0.05) is 5.06 Å². The molecule has 0 aromatic carbocycles. The van der Waals surface area contributed by atoms with E-state index in [9.17, 15) is 10.4 Å². The standard InChI is InChI=1S/C11H15N2O2S/c1-10(2)11(3,4)13(15)9(12(10)14)8-5-6-16-7-8/h5-7H,1-4H3. The fourth-order valence-corrected chi connectivity index (χ4v) is 2.37. The van der Waals surface area contributed by atoms with Crippen molar-refractivity contribution in [2.45, 2.75) is 38.8 Å². The molecule has 1 aliphatic heterocycles. The van der Waals surface area contributed by atoms with Crippen LogP contribution in [0.5, 0.6) is 0 Å². The molecule has 0 saturated carbocycles. The molecule has 1 radical (unpaired) electrons. The lowest BCUT2D eigenvalue weighted by molar-refractivity contribution is -0.539. The van der Waals surface area contributed by atoms with Gasteiger partial charge in [-0.3, -0.25) is 4.74 Å². The van der Waals surface area contributed by atoms with Crippen molar-refractivity contribution in [2.75, 3.05) is 0 Å². The fourth-order valence-electron chi connectivity index (χ4n) is 1.74. The zero-order valence-corrected chi connectivity index (χ0v) is 10.7. The van der Waals surface area contributed by atoms with Gasteiger partial charge in [-0.2, -0.15) is 11.3 Å². The molecular weight excluding hydrogens is 224 g/mol. The number of rotatable bonds is 1. The van der Waals surface area contributed by atoms with Gasteiger partial charge in [-0.15, -0.1) is 0 Å². The van der Waals surface area contributed by atoms with Crippen LogP contribution in [0.1, 0.15) is 33.3 Å². The monoisotopic (exact) mass is 239 g/mol. The molecule has 16 heavy (non-hydrogen) atoms. The van der Waals surface area contributed by atoms with Crippen molar-refractivity contribution in [3.05, 3.63) is 27.6 Å². The summed E-state index contributed by atoms with van der Waals surface area (Å²) >= 11 is 1.48. The van der Waals surface area contributed by atoms with Crippen LogP contribution < -0.4 is 0 Å². The summed E-state index contributed by atoms with van der Waals surface area (Å²) in [5.41, 5.74) is -0.758. The van der Waals surface area contributed by atoms with Crippen LogP contribution in [-0.4, -0.2) is 26.7 Å². The highest BCUT2D eigenvalue weighted by Crippen LogP contribution is 2.37. The molecule has 2 heterocycles. The van der Waals surface area contributed by atoms with Crippen LogP contribution in [0, 0.1) is 5.21 Å². The second kappa shape index (κ2) is 3.21. The molecule has 1 aliphatic rings. The van der Waals surface area contributed by atoms with Gasteiger partial charge in [0.25, 0.3) is 0 Å². The number of hydroxylamine groups is 3. The van der Waals surface area contributed by atoms with Gasteiger partial charge in [0.15, 0.2) is 5.54 Å². The molecule has 0 aliphatic carbocycles. The first-order valence-corrected chi connectivity index (χ1v) is 6.08. The fraction of sp³-hybridized carbons (Fsp3) is 0.545. The Kier molecular flexibility index (Phi) is 2.29. The third kappa shape index (κ3) is 1.21. The van der Waals surface area contributed by atoms with E-state index in [0.29, 0.717) is 5.56 Å². The minimum atomic E-state index is -0.730. The first kappa shape index (κ1) is 11.4. The predicted molar refractivity (Wildman–Crippen MR) is 62.7 cm³/mol. The Bertz CT molecular complexity index is 435. The summed E-state index contributed by atoms with van der Waals surface area (Å²) in [7, 11) is 0. The lowest BCUT2D eigenvalue weighted by Crippen LogP contribution is -2.53. The van der Waals surface area contributed by atoms with E-state index in [4.69, 9.17) is 0 Å². The van der Waals surface area contributed by atoms with Gasteiger partial charge in [0.2, 0.25) is 0 Å². The Morgan fingerprint density at radius 3 is 2.38 bits per heavy atom. The first-order valence-electron chi connectivity index (χ1n) is 5.14. The second-order valence-corrected chi connectivity index (χ2v) is 5.82. The maximum atomic E-state index is 12.2. The summed E-state index contributed by atoms with van der Waals surface area (Å²) in [5.74, 6) is 0.219. The molecule has 2 rings (SSSR count). The number of nitrogens with zero attached hydrogens (tertiary/aromatic N) is 2. The van der Waals surface area contributed by atoms with Gasteiger partial charge in [-0.25, -0.2) is 0 Å². The van der Waals surface area contributed by atoms with Crippen LogP contribution in [0.2, 0.25) is 0 Å². The third-order valence-electron chi connectivity index (χ3n) is 3.68. The quantitative estimate of drug-likeness (QED) is 0.557. The topological polar surface area (TPSA) is 49.2 Å². The molecule has 0 bridgehead atoms. The Morgan fingerprint density at radius 2 is 2.00 bits per heavy atom. The van der Waals surface area contributed by atoms with Gasteiger partial charge in [-0.05, 0) is 39.1 Å². The van der Waals surface area contributed by atoms with E-state index in [1.54, 1.807) is 33.8 Å². The van der Waals surface area contributed by atoms with Gasteiger partial charge >= 0.3 is 5.84 Å². The molecule has 5 heteroatoms. The van der Waals surface area contributed by atoms with Crippen LogP contribution in [0.15, 0.2) is 16.8 Å². The number of hydrogen-bond donors (Lipinski definition) is 0. The molecule has 0 spiro atoms. The van der Waals surface area contributed by atoms with Crippen molar-refractivity contribution in [2.24, 2.45) is 0 Å². The zero-order chi connectivity index (χ0) is 12.1. The SMILES string of the molecule is CC1(C)N([O])C(c2ccsc2)=[N+]([O-])C1(C)C. The predicted octanol–water partition coefficient (Wildman–Crippen LogP) is 2.22. The largest absolute Gasteiger partial charge is 0.714 e. The molecule has 0 saturated heterocycles. The van der Waals surface area contributed by atoms with Crippen molar-refractivity contribution in [1.29, 1.82) is 0 Å². The summed E-state index contributed by atoms with van der Waals surface area (Å²) in [6.07, 6.45) is 0. The van der Waals surface area contributed by atoms with E-state index < -0.39 is 11.1 Å². The zero-order valence-electron chi connectivity index (χ0n) is 9.85. The van der Waals surface area contributed by atoms with Gasteiger partial charge in [0.1, 0.15) is 5.54 Å². The van der Waals surface area contributed by atoms with Crippen molar-refractivity contribution in [3.8, 4) is 0 Å². The Labute approximate surface area is 99.0 Å². The van der Waals surface area contributed by atoms with Crippen LogP contribution in [0.25, 0.3) is 0 Å². The summed E-state index contributed by atoms with van der Waals surface area (Å²) < 4.78 is 0.835. The molecule has 0 unspecified atom stereocenters. The van der Waals surface area contributed by atoms with Crippen molar-refractivity contribution in [3.63, 3.8) is 0 Å². The van der Waals surface area contributed by atoms with Crippen molar-refractivity contribution < 1.29 is 9.95 Å². The van der Waals surface area contributed by atoms with Crippen LogP contribution in [0.4, 0.5) is 0 Å². The number of amidine groups is 1. The summed E-state index contributed by atoms with van der Waals surface area (Å²) in [6.45, 7) is 7.18. The highest BCUT2D eigenvalue weighted by molar-refractivity contribution is 7.08. The Balaban J connectivity index is 2.59. The minimum absolute atomic E-state index is 0.219. The van der Waals surface area contributed by atoms with Crippen molar-refractivity contribution in [1.82, 2.24) is 5.06 Å². The molecule has 1 aromatic heterocycles. The summed E-state index contributed by atoms with van der Waals surface area (Å²) in [5, 5.41) is 28.9. The summed E-state index contributed by atoms with van der Waals surface area (Å²) in [6, 6.07) is 1.80.